The average molecular weight is 358 g/mol. The van der Waals surface area contributed by atoms with Crippen LogP contribution in [0.5, 0.6) is 0 Å². The quantitative estimate of drug-likeness (QED) is 0.803. The summed E-state index contributed by atoms with van der Waals surface area (Å²) in [7, 11) is 1.65. The second-order valence-corrected chi connectivity index (χ2v) is 6.52. The summed E-state index contributed by atoms with van der Waals surface area (Å²) >= 11 is 0. The highest BCUT2D eigenvalue weighted by Gasteiger charge is 2.43. The highest BCUT2D eigenvalue weighted by molar-refractivity contribution is 5.86. The Morgan fingerprint density at radius 1 is 1.35 bits per heavy atom. The number of benzene rings is 1. The lowest BCUT2D eigenvalue weighted by Crippen LogP contribution is -2.56. The number of carbonyl (C=O) groups is 2. The molecule has 3 rings (SSSR count). The molecule has 2 heterocycles. The number of amides is 2. The number of likely N-dealkylation sites (N-methyl/N-ethyl adjacent to an activating group) is 1. The zero-order valence-electron chi connectivity index (χ0n) is 15.0. The van der Waals surface area contributed by atoms with E-state index in [1.165, 1.54) is 11.3 Å². The molecule has 0 spiro atoms. The first-order valence-electron chi connectivity index (χ1n) is 8.47. The molecule has 0 unspecified atom stereocenters. The van der Waals surface area contributed by atoms with Crippen LogP contribution < -0.4 is 0 Å². The second-order valence-electron chi connectivity index (χ2n) is 6.52. The Hall–Kier alpha value is -2.74. The first-order chi connectivity index (χ1) is 12.5. The standard InChI is InChI=1S/C18H22N4O4/c1-12(2)22-15(23)10-25-17(16(22)13-7-5-4-6-8-13)18(24)21(3)9-14-19-11-26-20-14/h4-8,11-12,16-17H,9-10H2,1-3H3/t16-,17+/m1/s1. The lowest BCUT2D eigenvalue weighted by atomic mass is 9.95. The van der Waals surface area contributed by atoms with Crippen LogP contribution in [-0.4, -0.2) is 57.6 Å². The molecule has 8 nitrogen and oxygen atoms in total. The molecule has 2 aromatic rings. The molecule has 2 amide bonds. The minimum Gasteiger partial charge on any atom is -0.356 e. The van der Waals surface area contributed by atoms with Crippen LogP contribution in [-0.2, 0) is 20.9 Å². The van der Waals surface area contributed by atoms with Gasteiger partial charge in [0.15, 0.2) is 11.9 Å². The van der Waals surface area contributed by atoms with E-state index < -0.39 is 12.1 Å². The third kappa shape index (κ3) is 3.60. The van der Waals surface area contributed by atoms with E-state index >= 15 is 0 Å². The Morgan fingerprint density at radius 2 is 2.08 bits per heavy atom. The van der Waals surface area contributed by atoms with E-state index in [0.29, 0.717) is 5.82 Å². The lowest BCUT2D eigenvalue weighted by Gasteiger charge is -2.43. The van der Waals surface area contributed by atoms with Crippen molar-refractivity contribution >= 4 is 11.8 Å². The summed E-state index contributed by atoms with van der Waals surface area (Å²) in [6.07, 6.45) is 0.422. The molecule has 8 heteroatoms. The van der Waals surface area contributed by atoms with Crippen LogP contribution in [0.15, 0.2) is 41.2 Å². The molecule has 1 saturated heterocycles. The molecule has 1 fully saturated rings. The van der Waals surface area contributed by atoms with E-state index in [9.17, 15) is 9.59 Å². The van der Waals surface area contributed by atoms with Crippen molar-refractivity contribution in [3.8, 4) is 0 Å². The van der Waals surface area contributed by atoms with Crippen molar-refractivity contribution in [1.29, 1.82) is 0 Å². The normalized spacial score (nSPS) is 20.5. The Kier molecular flexibility index (Phi) is 5.32. The SMILES string of the molecule is CC(C)N1C(=O)CO[C@H](C(=O)N(C)Cc2ncon2)[C@H]1c1ccccc1. The number of ether oxygens (including phenoxy) is 1. The molecule has 0 bridgehead atoms. The molecule has 0 radical (unpaired) electrons. The maximum atomic E-state index is 13.1. The van der Waals surface area contributed by atoms with Gasteiger partial charge in [-0.3, -0.25) is 9.59 Å². The van der Waals surface area contributed by atoms with E-state index in [1.54, 1.807) is 11.9 Å². The summed E-state index contributed by atoms with van der Waals surface area (Å²) in [5, 5.41) is 3.73. The van der Waals surface area contributed by atoms with Gasteiger partial charge in [-0.2, -0.15) is 4.98 Å². The van der Waals surface area contributed by atoms with Gasteiger partial charge in [-0.05, 0) is 19.4 Å². The van der Waals surface area contributed by atoms with Crippen LogP contribution in [0.3, 0.4) is 0 Å². The summed E-state index contributed by atoms with van der Waals surface area (Å²) in [5.74, 6) is 0.0465. The van der Waals surface area contributed by atoms with Gasteiger partial charge >= 0.3 is 0 Å². The number of rotatable bonds is 5. The number of carbonyl (C=O) groups excluding carboxylic acids is 2. The summed E-state index contributed by atoms with van der Waals surface area (Å²) in [6, 6.07) is 8.93. The molecule has 26 heavy (non-hydrogen) atoms. The highest BCUT2D eigenvalue weighted by atomic mass is 16.5. The Labute approximate surface area is 151 Å². The molecule has 1 aromatic heterocycles. The maximum absolute atomic E-state index is 13.1. The predicted molar refractivity (Wildman–Crippen MR) is 91.7 cm³/mol. The van der Waals surface area contributed by atoms with Crippen molar-refractivity contribution in [2.24, 2.45) is 0 Å². The summed E-state index contributed by atoms with van der Waals surface area (Å²) in [6.45, 7) is 3.95. The van der Waals surface area contributed by atoms with Gasteiger partial charge in [-0.1, -0.05) is 35.5 Å². The number of aromatic nitrogens is 2. The predicted octanol–water partition coefficient (Wildman–Crippen LogP) is 1.41. The van der Waals surface area contributed by atoms with Gasteiger partial charge in [-0.15, -0.1) is 0 Å². The fraction of sp³-hybridized carbons (Fsp3) is 0.444. The number of nitrogens with zero attached hydrogens (tertiary/aromatic N) is 4. The zero-order chi connectivity index (χ0) is 18.7. The third-order valence-corrected chi connectivity index (χ3v) is 4.36. The number of hydrogen-bond donors (Lipinski definition) is 0. The second kappa shape index (κ2) is 7.65. The number of hydrogen-bond acceptors (Lipinski definition) is 6. The van der Waals surface area contributed by atoms with E-state index in [4.69, 9.17) is 9.26 Å². The Morgan fingerprint density at radius 3 is 2.69 bits per heavy atom. The largest absolute Gasteiger partial charge is 0.356 e. The molecule has 138 valence electrons. The van der Waals surface area contributed by atoms with E-state index in [1.807, 2.05) is 44.2 Å². The average Bonchev–Trinajstić information content (AvgIpc) is 3.14. The van der Waals surface area contributed by atoms with Gasteiger partial charge in [0.05, 0.1) is 12.6 Å². The fourth-order valence-electron chi connectivity index (χ4n) is 3.20. The summed E-state index contributed by atoms with van der Waals surface area (Å²) < 4.78 is 10.4. The van der Waals surface area contributed by atoms with Crippen LogP contribution >= 0.6 is 0 Å². The lowest BCUT2D eigenvalue weighted by molar-refractivity contribution is -0.171. The third-order valence-electron chi connectivity index (χ3n) is 4.36. The number of morpholine rings is 1. The van der Waals surface area contributed by atoms with Gasteiger partial charge in [0.2, 0.25) is 12.3 Å². The molecular formula is C18H22N4O4. The maximum Gasteiger partial charge on any atom is 0.254 e. The first kappa shape index (κ1) is 18.1. The van der Waals surface area contributed by atoms with Crippen molar-refractivity contribution in [1.82, 2.24) is 19.9 Å². The van der Waals surface area contributed by atoms with Gasteiger partial charge in [0.25, 0.3) is 5.91 Å². The van der Waals surface area contributed by atoms with Crippen LogP contribution in [0.1, 0.15) is 31.3 Å². The van der Waals surface area contributed by atoms with E-state index in [2.05, 4.69) is 10.1 Å². The van der Waals surface area contributed by atoms with Crippen LogP contribution in [0.4, 0.5) is 0 Å². The molecule has 0 saturated carbocycles. The minimum atomic E-state index is -0.797. The molecular weight excluding hydrogens is 336 g/mol. The fourth-order valence-corrected chi connectivity index (χ4v) is 3.20. The van der Waals surface area contributed by atoms with E-state index in [-0.39, 0.29) is 31.0 Å². The van der Waals surface area contributed by atoms with Crippen molar-refractivity contribution in [3.63, 3.8) is 0 Å². The highest BCUT2D eigenvalue weighted by Crippen LogP contribution is 2.32. The van der Waals surface area contributed by atoms with Crippen LogP contribution in [0.25, 0.3) is 0 Å². The summed E-state index contributed by atoms with van der Waals surface area (Å²) in [5.41, 5.74) is 0.862. The Balaban J connectivity index is 1.89. The molecule has 1 aliphatic rings. The van der Waals surface area contributed by atoms with Gasteiger partial charge < -0.3 is 19.1 Å². The van der Waals surface area contributed by atoms with Crippen molar-refractivity contribution < 1.29 is 18.8 Å². The first-order valence-corrected chi connectivity index (χ1v) is 8.47. The van der Waals surface area contributed by atoms with Crippen LogP contribution in [0, 0.1) is 0 Å². The van der Waals surface area contributed by atoms with E-state index in [0.717, 1.165) is 5.56 Å². The molecule has 1 aromatic carbocycles. The zero-order valence-corrected chi connectivity index (χ0v) is 15.0. The molecule has 1 aliphatic heterocycles. The van der Waals surface area contributed by atoms with Crippen molar-refractivity contribution in [2.75, 3.05) is 13.7 Å². The Bertz CT molecular complexity index is 748. The smallest absolute Gasteiger partial charge is 0.254 e. The van der Waals surface area contributed by atoms with Gasteiger partial charge in [0, 0.05) is 13.1 Å². The summed E-state index contributed by atoms with van der Waals surface area (Å²) in [4.78, 5) is 32.7. The monoisotopic (exact) mass is 358 g/mol. The topological polar surface area (TPSA) is 88.8 Å². The van der Waals surface area contributed by atoms with Crippen molar-refractivity contribution in [3.05, 3.63) is 48.1 Å². The molecule has 0 aliphatic carbocycles. The molecule has 2 atom stereocenters. The van der Waals surface area contributed by atoms with Gasteiger partial charge in [-0.25, -0.2) is 0 Å². The van der Waals surface area contributed by atoms with Crippen molar-refractivity contribution in [2.45, 2.75) is 38.6 Å². The minimum absolute atomic E-state index is 0.0607. The molecule has 0 N–H and O–H groups in total. The van der Waals surface area contributed by atoms with Crippen LogP contribution in [0.2, 0.25) is 0 Å². The van der Waals surface area contributed by atoms with Gasteiger partial charge in [0.1, 0.15) is 6.61 Å².